The number of aromatic nitrogens is 2. The van der Waals surface area contributed by atoms with Gasteiger partial charge in [0.05, 0.1) is 6.54 Å². The molecular weight excluding hydrogens is 353 g/mol. The van der Waals surface area contributed by atoms with Crippen LogP contribution in [-0.4, -0.2) is 28.1 Å². The van der Waals surface area contributed by atoms with Gasteiger partial charge in [-0.05, 0) is 48.2 Å². The summed E-state index contributed by atoms with van der Waals surface area (Å²) in [6, 6.07) is 14.5. The highest BCUT2D eigenvalue weighted by atomic mass is 35.5. The predicted molar refractivity (Wildman–Crippen MR) is 97.6 cm³/mol. The smallest absolute Gasteiger partial charge is 0.240 e. The molecule has 1 saturated heterocycles. The first kappa shape index (κ1) is 17.2. The molecule has 0 radical (unpaired) electrons. The molecule has 0 amide bonds. The molecule has 3 aromatic rings. The molecule has 0 saturated carbocycles. The van der Waals surface area contributed by atoms with Crippen LogP contribution in [0.1, 0.15) is 35.2 Å². The monoisotopic (exact) mass is 371 g/mol. The van der Waals surface area contributed by atoms with Gasteiger partial charge in [0.25, 0.3) is 0 Å². The Labute approximate surface area is 156 Å². The van der Waals surface area contributed by atoms with E-state index in [0.29, 0.717) is 35.6 Å². The summed E-state index contributed by atoms with van der Waals surface area (Å²) in [6.07, 6.45) is 1.60. The number of likely N-dealkylation sites (tertiary alicyclic amines) is 1. The lowest BCUT2D eigenvalue weighted by Crippen LogP contribution is -2.20. The molecule has 0 aliphatic carbocycles. The van der Waals surface area contributed by atoms with Crippen molar-refractivity contribution in [2.45, 2.75) is 25.3 Å². The van der Waals surface area contributed by atoms with Gasteiger partial charge < -0.3 is 4.52 Å². The summed E-state index contributed by atoms with van der Waals surface area (Å²) in [5.41, 5.74) is 2.16. The van der Waals surface area contributed by atoms with Crippen molar-refractivity contribution in [3.8, 4) is 0 Å². The average Bonchev–Trinajstić information content (AvgIpc) is 3.28. The zero-order valence-electron chi connectivity index (χ0n) is 14.2. The lowest BCUT2D eigenvalue weighted by Gasteiger charge is -2.13. The molecule has 4 rings (SSSR count). The Kier molecular flexibility index (Phi) is 5.00. The molecule has 0 bridgehead atoms. The third kappa shape index (κ3) is 3.94. The SMILES string of the molecule is Fc1ccc(C2CCN(Cc3nc(Cc4ccccc4Cl)no3)C2)cc1. The molecule has 134 valence electrons. The second-order valence-electron chi connectivity index (χ2n) is 6.64. The first-order chi connectivity index (χ1) is 12.7. The van der Waals surface area contributed by atoms with Crippen molar-refractivity contribution in [1.29, 1.82) is 0 Å². The van der Waals surface area contributed by atoms with E-state index in [1.54, 1.807) is 0 Å². The molecule has 1 aromatic heterocycles. The molecule has 1 aliphatic heterocycles. The van der Waals surface area contributed by atoms with Crippen LogP contribution in [0.2, 0.25) is 5.02 Å². The van der Waals surface area contributed by atoms with Crippen LogP contribution in [0, 0.1) is 5.82 Å². The maximum Gasteiger partial charge on any atom is 0.240 e. The quantitative estimate of drug-likeness (QED) is 0.664. The fourth-order valence-corrected chi connectivity index (χ4v) is 3.62. The summed E-state index contributed by atoms with van der Waals surface area (Å²) < 4.78 is 18.5. The van der Waals surface area contributed by atoms with E-state index >= 15 is 0 Å². The van der Waals surface area contributed by atoms with E-state index in [-0.39, 0.29) is 5.82 Å². The Balaban J connectivity index is 1.36. The highest BCUT2D eigenvalue weighted by molar-refractivity contribution is 6.31. The van der Waals surface area contributed by atoms with Crippen LogP contribution < -0.4 is 0 Å². The van der Waals surface area contributed by atoms with Crippen LogP contribution in [0.15, 0.2) is 53.1 Å². The summed E-state index contributed by atoms with van der Waals surface area (Å²) in [6.45, 7) is 2.51. The maximum absolute atomic E-state index is 13.1. The van der Waals surface area contributed by atoms with Gasteiger partial charge in [-0.2, -0.15) is 4.98 Å². The van der Waals surface area contributed by atoms with Gasteiger partial charge in [0, 0.05) is 18.0 Å². The van der Waals surface area contributed by atoms with Crippen molar-refractivity contribution in [2.75, 3.05) is 13.1 Å². The van der Waals surface area contributed by atoms with E-state index in [1.807, 2.05) is 36.4 Å². The van der Waals surface area contributed by atoms with E-state index in [1.165, 1.54) is 17.7 Å². The van der Waals surface area contributed by atoms with Crippen molar-refractivity contribution >= 4 is 11.6 Å². The number of nitrogens with zero attached hydrogens (tertiary/aromatic N) is 3. The third-order valence-electron chi connectivity index (χ3n) is 4.79. The molecule has 26 heavy (non-hydrogen) atoms. The zero-order valence-corrected chi connectivity index (χ0v) is 15.0. The van der Waals surface area contributed by atoms with E-state index in [4.69, 9.17) is 16.1 Å². The Bertz CT molecular complexity index is 881. The highest BCUT2D eigenvalue weighted by Crippen LogP contribution is 2.28. The van der Waals surface area contributed by atoms with Crippen LogP contribution in [0.3, 0.4) is 0 Å². The minimum atomic E-state index is -0.194. The molecule has 0 spiro atoms. The molecule has 2 heterocycles. The number of rotatable bonds is 5. The lowest BCUT2D eigenvalue weighted by atomic mass is 9.99. The van der Waals surface area contributed by atoms with Crippen molar-refractivity contribution in [3.05, 3.63) is 82.2 Å². The second-order valence-corrected chi connectivity index (χ2v) is 7.05. The normalized spacial score (nSPS) is 17.7. The number of hydrogen-bond acceptors (Lipinski definition) is 4. The maximum atomic E-state index is 13.1. The summed E-state index contributed by atoms with van der Waals surface area (Å²) in [5.74, 6) is 1.48. The van der Waals surface area contributed by atoms with Crippen molar-refractivity contribution in [3.63, 3.8) is 0 Å². The second kappa shape index (κ2) is 7.56. The fraction of sp³-hybridized carbons (Fsp3) is 0.300. The molecule has 2 aromatic carbocycles. The van der Waals surface area contributed by atoms with Gasteiger partial charge in [0.15, 0.2) is 5.82 Å². The van der Waals surface area contributed by atoms with Crippen molar-refractivity contribution in [1.82, 2.24) is 15.0 Å². The van der Waals surface area contributed by atoms with Crippen LogP contribution in [-0.2, 0) is 13.0 Å². The molecule has 6 heteroatoms. The van der Waals surface area contributed by atoms with E-state index < -0.39 is 0 Å². The van der Waals surface area contributed by atoms with Gasteiger partial charge in [-0.25, -0.2) is 4.39 Å². The first-order valence-corrected chi connectivity index (χ1v) is 9.08. The van der Waals surface area contributed by atoms with E-state index in [9.17, 15) is 4.39 Å². The van der Waals surface area contributed by atoms with Crippen LogP contribution >= 0.6 is 11.6 Å². The molecule has 1 unspecified atom stereocenters. The van der Waals surface area contributed by atoms with Gasteiger partial charge in [-0.1, -0.05) is 47.1 Å². The van der Waals surface area contributed by atoms with Gasteiger partial charge >= 0.3 is 0 Å². The predicted octanol–water partition coefficient (Wildman–Crippen LogP) is 4.44. The summed E-state index contributed by atoms with van der Waals surface area (Å²) >= 11 is 6.18. The largest absolute Gasteiger partial charge is 0.338 e. The zero-order chi connectivity index (χ0) is 17.9. The Morgan fingerprint density at radius 1 is 1.15 bits per heavy atom. The molecule has 1 aliphatic rings. The standard InChI is InChI=1S/C20H19ClFN3O/c21-18-4-2-1-3-15(18)11-19-23-20(26-24-19)13-25-10-9-16(12-25)14-5-7-17(22)8-6-14/h1-8,16H,9-13H2. The van der Waals surface area contributed by atoms with Crippen LogP contribution in [0.4, 0.5) is 4.39 Å². The van der Waals surface area contributed by atoms with Gasteiger partial charge in [0.2, 0.25) is 5.89 Å². The van der Waals surface area contributed by atoms with Gasteiger partial charge in [0.1, 0.15) is 5.82 Å². The highest BCUT2D eigenvalue weighted by Gasteiger charge is 2.25. The number of hydrogen-bond donors (Lipinski definition) is 0. The molecule has 0 N–H and O–H groups in total. The topological polar surface area (TPSA) is 42.2 Å². The van der Waals surface area contributed by atoms with Gasteiger partial charge in [-0.3, -0.25) is 4.90 Å². The summed E-state index contributed by atoms with van der Waals surface area (Å²) in [5, 5.41) is 4.78. The molecule has 1 fully saturated rings. The van der Waals surface area contributed by atoms with Crippen molar-refractivity contribution < 1.29 is 8.91 Å². The van der Waals surface area contributed by atoms with Crippen LogP contribution in [0.5, 0.6) is 0 Å². The van der Waals surface area contributed by atoms with E-state index in [0.717, 1.165) is 25.1 Å². The lowest BCUT2D eigenvalue weighted by molar-refractivity contribution is 0.265. The fourth-order valence-electron chi connectivity index (χ4n) is 3.41. The van der Waals surface area contributed by atoms with E-state index in [2.05, 4.69) is 15.0 Å². The summed E-state index contributed by atoms with van der Waals surface area (Å²) in [4.78, 5) is 6.78. The Morgan fingerprint density at radius 2 is 1.96 bits per heavy atom. The van der Waals surface area contributed by atoms with Crippen LogP contribution in [0.25, 0.3) is 0 Å². The minimum Gasteiger partial charge on any atom is -0.338 e. The molecular formula is C20H19ClFN3O. The summed E-state index contributed by atoms with van der Waals surface area (Å²) in [7, 11) is 0. The number of halogens is 2. The van der Waals surface area contributed by atoms with Gasteiger partial charge in [-0.15, -0.1) is 0 Å². The Hall–Kier alpha value is -2.24. The third-order valence-corrected chi connectivity index (χ3v) is 5.16. The molecule has 1 atom stereocenters. The molecule has 4 nitrogen and oxygen atoms in total. The number of benzene rings is 2. The van der Waals surface area contributed by atoms with Crippen molar-refractivity contribution in [2.24, 2.45) is 0 Å². The average molecular weight is 372 g/mol. The minimum absolute atomic E-state index is 0.194. The Morgan fingerprint density at radius 3 is 2.77 bits per heavy atom. The first-order valence-electron chi connectivity index (χ1n) is 8.70.